The molecule has 2 atom stereocenters. The molecule has 2 amide bonds. The zero-order valence-corrected chi connectivity index (χ0v) is 22.0. The normalized spacial score (nSPS) is 22.0. The molecule has 3 rings (SSSR count). The van der Waals surface area contributed by atoms with Crippen molar-refractivity contribution >= 4 is 23.4 Å². The van der Waals surface area contributed by atoms with Crippen molar-refractivity contribution < 1.29 is 9.59 Å². The van der Waals surface area contributed by atoms with Crippen LogP contribution in [0, 0.1) is 16.7 Å². The van der Waals surface area contributed by atoms with Gasteiger partial charge in [0.05, 0.1) is 5.41 Å². The lowest BCUT2D eigenvalue weighted by Crippen LogP contribution is -2.57. The van der Waals surface area contributed by atoms with Gasteiger partial charge in [-0.3, -0.25) is 9.59 Å². The third-order valence-electron chi connectivity index (χ3n) is 7.69. The van der Waals surface area contributed by atoms with Gasteiger partial charge in [0.25, 0.3) is 0 Å². The van der Waals surface area contributed by atoms with E-state index in [2.05, 4.69) is 37.4 Å². The molecule has 1 aromatic rings. The summed E-state index contributed by atoms with van der Waals surface area (Å²) in [5.41, 5.74) is 1.81. The third-order valence-corrected chi connectivity index (χ3v) is 7.95. The first kappa shape index (κ1) is 25.8. The molecule has 1 aliphatic heterocycles. The fraction of sp³-hybridized carbons (Fsp3) is 0.643. The van der Waals surface area contributed by atoms with Gasteiger partial charge in [-0.1, -0.05) is 63.1 Å². The first-order valence-corrected chi connectivity index (χ1v) is 12.9. The van der Waals surface area contributed by atoms with Crippen molar-refractivity contribution in [2.45, 2.75) is 85.6 Å². The summed E-state index contributed by atoms with van der Waals surface area (Å²) in [7, 11) is 0. The Kier molecular flexibility index (Phi) is 7.99. The molecule has 1 saturated heterocycles. The summed E-state index contributed by atoms with van der Waals surface area (Å²) in [5.74, 6) is 0.380. The summed E-state index contributed by atoms with van der Waals surface area (Å²) in [6, 6.07) is 7.58. The molecule has 0 unspecified atom stereocenters. The van der Waals surface area contributed by atoms with Crippen LogP contribution < -0.4 is 5.32 Å². The maximum Gasteiger partial charge on any atom is 0.245 e. The van der Waals surface area contributed by atoms with Gasteiger partial charge in [-0.2, -0.15) is 0 Å². The van der Waals surface area contributed by atoms with Crippen molar-refractivity contribution in [2.24, 2.45) is 16.7 Å². The van der Waals surface area contributed by atoms with E-state index in [1.165, 1.54) is 17.6 Å². The van der Waals surface area contributed by atoms with Crippen LogP contribution in [0.4, 0.5) is 0 Å². The standard InChI is InChI=1S/C28H41ClN2O2/c1-19(2)24(30-26(33)28(5,6)21-10-8-7-9-11-21)25(32)31-17-16-23(27(3,4)18-31)20-12-14-22(29)15-13-20/h10,12-15,19,23-24H,7-9,11,16-18H2,1-6H3,(H,30,33)/t23-,24-/m1/s1. The van der Waals surface area contributed by atoms with E-state index in [0.717, 1.165) is 30.7 Å². The summed E-state index contributed by atoms with van der Waals surface area (Å²) in [6.07, 6.45) is 7.45. The molecule has 1 aromatic carbocycles. The van der Waals surface area contributed by atoms with Gasteiger partial charge in [-0.25, -0.2) is 0 Å². The molecule has 0 saturated carbocycles. The highest BCUT2D eigenvalue weighted by Gasteiger charge is 2.42. The van der Waals surface area contributed by atoms with Crippen molar-refractivity contribution in [1.29, 1.82) is 0 Å². The lowest BCUT2D eigenvalue weighted by molar-refractivity contribution is -0.142. The van der Waals surface area contributed by atoms with E-state index in [0.29, 0.717) is 19.0 Å². The van der Waals surface area contributed by atoms with Crippen LogP contribution in [0.15, 0.2) is 35.9 Å². The second kappa shape index (κ2) is 10.2. The Morgan fingerprint density at radius 2 is 1.82 bits per heavy atom. The summed E-state index contributed by atoms with van der Waals surface area (Å²) in [4.78, 5) is 28.9. The predicted octanol–water partition coefficient (Wildman–Crippen LogP) is 6.35. The first-order valence-electron chi connectivity index (χ1n) is 12.5. The number of carbonyl (C=O) groups excluding carboxylic acids is 2. The number of benzene rings is 1. The molecule has 4 nitrogen and oxygen atoms in total. The Hall–Kier alpha value is -1.81. The number of amides is 2. The molecular formula is C28H41ClN2O2. The number of allylic oxidation sites excluding steroid dienone is 1. The number of likely N-dealkylation sites (tertiary alicyclic amines) is 1. The smallest absolute Gasteiger partial charge is 0.245 e. The third kappa shape index (κ3) is 5.82. The van der Waals surface area contributed by atoms with Crippen LogP contribution in [0.1, 0.15) is 85.1 Å². The number of carbonyl (C=O) groups is 2. The summed E-state index contributed by atoms with van der Waals surface area (Å²) in [6.45, 7) is 13.8. The zero-order chi connectivity index (χ0) is 24.4. The van der Waals surface area contributed by atoms with Crippen molar-refractivity contribution in [3.8, 4) is 0 Å². The number of hydrogen-bond donors (Lipinski definition) is 1. The topological polar surface area (TPSA) is 49.4 Å². The Bertz CT molecular complexity index is 886. The van der Waals surface area contributed by atoms with Gasteiger partial charge in [0.1, 0.15) is 6.04 Å². The van der Waals surface area contributed by atoms with Crippen molar-refractivity contribution in [3.05, 3.63) is 46.5 Å². The van der Waals surface area contributed by atoms with Crippen LogP contribution in [0.25, 0.3) is 0 Å². The minimum atomic E-state index is -0.589. The van der Waals surface area contributed by atoms with Gasteiger partial charge >= 0.3 is 0 Å². The number of nitrogens with one attached hydrogen (secondary N) is 1. The lowest BCUT2D eigenvalue weighted by Gasteiger charge is -2.46. The van der Waals surface area contributed by atoms with E-state index in [-0.39, 0.29) is 23.1 Å². The number of piperidine rings is 1. The van der Waals surface area contributed by atoms with Gasteiger partial charge < -0.3 is 10.2 Å². The average molecular weight is 473 g/mol. The van der Waals surface area contributed by atoms with E-state index in [9.17, 15) is 9.59 Å². The second-order valence-electron chi connectivity index (χ2n) is 11.4. The highest BCUT2D eigenvalue weighted by atomic mass is 35.5. The molecule has 1 fully saturated rings. The number of rotatable bonds is 6. The number of halogens is 1. The average Bonchev–Trinajstić information content (AvgIpc) is 2.77. The van der Waals surface area contributed by atoms with Crippen molar-refractivity contribution in [2.75, 3.05) is 13.1 Å². The van der Waals surface area contributed by atoms with E-state index in [1.54, 1.807) is 0 Å². The molecule has 33 heavy (non-hydrogen) atoms. The SMILES string of the molecule is CC(C)[C@@H](NC(=O)C(C)(C)C1=CCCCC1)C(=O)N1CC[C@H](c2ccc(Cl)cc2)C(C)(C)C1. The van der Waals surface area contributed by atoms with Gasteiger partial charge in [-0.15, -0.1) is 0 Å². The molecule has 0 spiro atoms. The highest BCUT2D eigenvalue weighted by molar-refractivity contribution is 6.30. The Morgan fingerprint density at radius 1 is 1.15 bits per heavy atom. The molecule has 1 heterocycles. The van der Waals surface area contributed by atoms with E-state index < -0.39 is 11.5 Å². The van der Waals surface area contributed by atoms with Crippen LogP contribution in [0.3, 0.4) is 0 Å². The van der Waals surface area contributed by atoms with Crippen molar-refractivity contribution in [1.82, 2.24) is 10.2 Å². The highest BCUT2D eigenvalue weighted by Crippen LogP contribution is 2.42. The Balaban J connectivity index is 1.71. The van der Waals surface area contributed by atoms with Crippen LogP contribution >= 0.6 is 11.6 Å². The van der Waals surface area contributed by atoms with E-state index >= 15 is 0 Å². The molecule has 1 aliphatic carbocycles. The minimum absolute atomic E-state index is 0.0229. The zero-order valence-electron chi connectivity index (χ0n) is 21.2. The lowest BCUT2D eigenvalue weighted by atomic mass is 9.70. The number of nitrogens with zero attached hydrogens (tertiary/aromatic N) is 1. The molecule has 1 N–H and O–H groups in total. The van der Waals surface area contributed by atoms with Gasteiger partial charge in [0.2, 0.25) is 11.8 Å². The Labute approximate surface area is 205 Å². The molecule has 2 aliphatic rings. The van der Waals surface area contributed by atoms with Gasteiger partial charge in [0.15, 0.2) is 0 Å². The summed E-state index contributed by atoms with van der Waals surface area (Å²) in [5, 5.41) is 3.88. The molecule has 5 heteroatoms. The van der Waals surface area contributed by atoms with E-state index in [1.807, 2.05) is 44.7 Å². The summed E-state index contributed by atoms with van der Waals surface area (Å²) >= 11 is 6.08. The van der Waals surface area contributed by atoms with Gasteiger partial charge in [0, 0.05) is 18.1 Å². The molecule has 0 aromatic heterocycles. The van der Waals surface area contributed by atoms with Crippen LogP contribution in [0.2, 0.25) is 5.02 Å². The maximum atomic E-state index is 13.6. The van der Waals surface area contributed by atoms with Crippen molar-refractivity contribution in [3.63, 3.8) is 0 Å². The van der Waals surface area contributed by atoms with Gasteiger partial charge in [-0.05, 0) is 80.9 Å². The maximum absolute atomic E-state index is 13.6. The molecule has 182 valence electrons. The molecular weight excluding hydrogens is 432 g/mol. The molecule has 0 bridgehead atoms. The first-order chi connectivity index (χ1) is 15.4. The van der Waals surface area contributed by atoms with E-state index in [4.69, 9.17) is 11.6 Å². The van der Waals surface area contributed by atoms with Crippen LogP contribution in [-0.4, -0.2) is 35.8 Å². The molecule has 0 radical (unpaired) electrons. The fourth-order valence-corrected chi connectivity index (χ4v) is 5.57. The Morgan fingerprint density at radius 3 is 2.36 bits per heavy atom. The quantitative estimate of drug-likeness (QED) is 0.490. The van der Waals surface area contributed by atoms with Crippen LogP contribution in [0.5, 0.6) is 0 Å². The summed E-state index contributed by atoms with van der Waals surface area (Å²) < 4.78 is 0. The monoisotopic (exact) mass is 472 g/mol. The largest absolute Gasteiger partial charge is 0.343 e. The van der Waals surface area contributed by atoms with Crippen LogP contribution in [-0.2, 0) is 9.59 Å². The number of hydrogen-bond acceptors (Lipinski definition) is 2. The fourth-order valence-electron chi connectivity index (χ4n) is 5.44. The minimum Gasteiger partial charge on any atom is -0.343 e. The predicted molar refractivity (Wildman–Crippen MR) is 136 cm³/mol. The second-order valence-corrected chi connectivity index (χ2v) is 11.9.